The predicted octanol–water partition coefficient (Wildman–Crippen LogP) is 4.83. The molecule has 0 aliphatic carbocycles. The Kier molecular flexibility index (Phi) is 5.68. The summed E-state index contributed by atoms with van der Waals surface area (Å²) in [5, 5.41) is 8.77. The summed E-state index contributed by atoms with van der Waals surface area (Å²) in [6, 6.07) is 16.6. The van der Waals surface area contributed by atoms with Crippen LogP contribution in [0, 0.1) is 13.8 Å². The molecule has 30 heavy (non-hydrogen) atoms. The second-order valence-corrected chi connectivity index (χ2v) is 8.30. The fourth-order valence-corrected chi connectivity index (χ4v) is 4.04. The molecule has 4 rings (SSSR count). The van der Waals surface area contributed by atoms with E-state index in [4.69, 9.17) is 0 Å². The van der Waals surface area contributed by atoms with Gasteiger partial charge in [-0.15, -0.1) is 11.3 Å². The molecule has 1 atom stereocenters. The number of benzene rings is 2. The Labute approximate surface area is 179 Å². The zero-order valence-corrected chi connectivity index (χ0v) is 17.7. The van der Waals surface area contributed by atoms with Crippen molar-refractivity contribution in [1.29, 1.82) is 0 Å². The average Bonchev–Trinajstić information content (AvgIpc) is 3.41. The van der Waals surface area contributed by atoms with Gasteiger partial charge in [0.25, 0.3) is 5.91 Å². The molecule has 2 heterocycles. The van der Waals surface area contributed by atoms with E-state index in [0.29, 0.717) is 11.3 Å². The molecule has 0 saturated carbocycles. The zero-order chi connectivity index (χ0) is 21.1. The van der Waals surface area contributed by atoms with E-state index in [9.17, 15) is 9.59 Å². The highest BCUT2D eigenvalue weighted by Gasteiger charge is 2.24. The molecule has 2 aromatic carbocycles. The average molecular weight is 418 g/mol. The van der Waals surface area contributed by atoms with Crippen LogP contribution in [0.25, 0.3) is 10.9 Å². The van der Waals surface area contributed by atoms with Gasteiger partial charge < -0.3 is 15.6 Å². The summed E-state index contributed by atoms with van der Waals surface area (Å²) in [5.74, 6) is -0.487. The summed E-state index contributed by atoms with van der Waals surface area (Å²) in [4.78, 5) is 29.6. The number of rotatable bonds is 6. The van der Waals surface area contributed by atoms with Crippen molar-refractivity contribution < 1.29 is 9.59 Å². The predicted molar refractivity (Wildman–Crippen MR) is 122 cm³/mol. The molecule has 0 spiro atoms. The fraction of sp³-hybridized carbons (Fsp3) is 0.167. The van der Waals surface area contributed by atoms with Gasteiger partial charge in [0.15, 0.2) is 0 Å². The van der Waals surface area contributed by atoms with E-state index in [2.05, 4.69) is 15.6 Å². The Morgan fingerprint density at radius 2 is 1.87 bits per heavy atom. The third-order valence-corrected chi connectivity index (χ3v) is 6.11. The van der Waals surface area contributed by atoms with Crippen LogP contribution in [0.2, 0.25) is 0 Å². The van der Waals surface area contributed by atoms with Crippen LogP contribution in [0.5, 0.6) is 0 Å². The molecule has 6 heteroatoms. The number of aromatic nitrogens is 1. The largest absolute Gasteiger partial charge is 0.361 e. The number of fused-ring (bicyclic) bond motifs is 1. The third kappa shape index (κ3) is 4.28. The van der Waals surface area contributed by atoms with E-state index in [1.807, 2.05) is 74.0 Å². The Morgan fingerprint density at radius 3 is 2.63 bits per heavy atom. The Bertz CT molecular complexity index is 1190. The highest BCUT2D eigenvalue weighted by atomic mass is 32.1. The smallest absolute Gasteiger partial charge is 0.262 e. The van der Waals surface area contributed by atoms with Crippen LogP contribution in [-0.4, -0.2) is 22.8 Å². The maximum atomic E-state index is 13.1. The van der Waals surface area contributed by atoms with Crippen molar-refractivity contribution in [2.45, 2.75) is 26.3 Å². The van der Waals surface area contributed by atoms with Gasteiger partial charge >= 0.3 is 0 Å². The number of aromatic amines is 1. The number of thiophene rings is 1. The summed E-state index contributed by atoms with van der Waals surface area (Å²) >= 11 is 1.35. The van der Waals surface area contributed by atoms with Gasteiger partial charge in [0.05, 0.1) is 4.88 Å². The first-order chi connectivity index (χ1) is 14.5. The topological polar surface area (TPSA) is 74.0 Å². The molecule has 0 fully saturated rings. The Balaban J connectivity index is 1.59. The normalized spacial score (nSPS) is 11.9. The number of amides is 2. The third-order valence-electron chi connectivity index (χ3n) is 5.24. The number of para-hydroxylation sites is 1. The highest BCUT2D eigenvalue weighted by molar-refractivity contribution is 7.12. The molecule has 5 nitrogen and oxygen atoms in total. The second-order valence-electron chi connectivity index (χ2n) is 7.36. The second kappa shape index (κ2) is 8.55. The minimum absolute atomic E-state index is 0.242. The summed E-state index contributed by atoms with van der Waals surface area (Å²) in [6.45, 7) is 4.04. The van der Waals surface area contributed by atoms with Crippen LogP contribution in [0.4, 0.5) is 5.69 Å². The number of carbonyl (C=O) groups is 2. The van der Waals surface area contributed by atoms with Crippen molar-refractivity contribution >= 4 is 39.7 Å². The molecule has 0 aliphatic rings. The van der Waals surface area contributed by atoms with Crippen molar-refractivity contribution in [3.8, 4) is 0 Å². The summed E-state index contributed by atoms with van der Waals surface area (Å²) in [6.07, 6.45) is 2.29. The summed E-state index contributed by atoms with van der Waals surface area (Å²) in [5.41, 5.74) is 4.97. The van der Waals surface area contributed by atoms with E-state index < -0.39 is 6.04 Å². The van der Waals surface area contributed by atoms with Gasteiger partial charge in [0, 0.05) is 29.2 Å². The van der Waals surface area contributed by atoms with E-state index in [0.717, 1.165) is 33.3 Å². The maximum absolute atomic E-state index is 13.1. The van der Waals surface area contributed by atoms with Crippen LogP contribution >= 0.6 is 11.3 Å². The SMILES string of the molecule is Cc1ccc(NC(=O)[C@H](Cc2c[nH]c3ccccc23)NC(=O)c2cccs2)cc1C. The lowest BCUT2D eigenvalue weighted by Crippen LogP contribution is -2.45. The molecular formula is C24H23N3O2S. The van der Waals surface area contributed by atoms with E-state index >= 15 is 0 Å². The number of anilines is 1. The van der Waals surface area contributed by atoms with E-state index in [1.165, 1.54) is 11.3 Å². The molecule has 0 saturated heterocycles. The molecule has 0 radical (unpaired) electrons. The molecular weight excluding hydrogens is 394 g/mol. The lowest BCUT2D eigenvalue weighted by Gasteiger charge is -2.18. The minimum atomic E-state index is -0.708. The molecule has 2 amide bonds. The lowest BCUT2D eigenvalue weighted by atomic mass is 10.0. The summed E-state index contributed by atoms with van der Waals surface area (Å²) in [7, 11) is 0. The van der Waals surface area contributed by atoms with Crippen molar-refractivity contribution in [2.75, 3.05) is 5.32 Å². The van der Waals surface area contributed by atoms with Crippen LogP contribution in [0.1, 0.15) is 26.4 Å². The van der Waals surface area contributed by atoms with Gasteiger partial charge in [0.2, 0.25) is 5.91 Å². The number of H-pyrrole nitrogens is 1. The Morgan fingerprint density at radius 1 is 1.03 bits per heavy atom. The molecule has 0 unspecified atom stereocenters. The zero-order valence-electron chi connectivity index (χ0n) is 16.9. The highest BCUT2D eigenvalue weighted by Crippen LogP contribution is 2.21. The van der Waals surface area contributed by atoms with Crippen LogP contribution < -0.4 is 10.6 Å². The van der Waals surface area contributed by atoms with Crippen LogP contribution in [-0.2, 0) is 11.2 Å². The quantitative estimate of drug-likeness (QED) is 0.421. The number of nitrogens with one attached hydrogen (secondary N) is 3. The van der Waals surface area contributed by atoms with Gasteiger partial charge in [0.1, 0.15) is 6.04 Å². The van der Waals surface area contributed by atoms with Crippen LogP contribution in [0.15, 0.2) is 66.2 Å². The number of carbonyl (C=O) groups excluding carboxylic acids is 2. The molecule has 3 N–H and O–H groups in total. The monoisotopic (exact) mass is 417 g/mol. The molecule has 0 bridgehead atoms. The van der Waals surface area contributed by atoms with Gasteiger partial charge in [-0.05, 0) is 60.2 Å². The molecule has 152 valence electrons. The number of hydrogen-bond donors (Lipinski definition) is 3. The molecule has 4 aromatic rings. The van der Waals surface area contributed by atoms with E-state index in [-0.39, 0.29) is 11.8 Å². The van der Waals surface area contributed by atoms with Crippen molar-refractivity contribution in [3.05, 3.63) is 87.7 Å². The minimum Gasteiger partial charge on any atom is -0.361 e. The number of aryl methyl sites for hydroxylation is 2. The van der Waals surface area contributed by atoms with Crippen molar-refractivity contribution in [2.24, 2.45) is 0 Å². The van der Waals surface area contributed by atoms with Gasteiger partial charge in [-0.2, -0.15) is 0 Å². The van der Waals surface area contributed by atoms with Gasteiger partial charge in [-0.3, -0.25) is 9.59 Å². The fourth-order valence-electron chi connectivity index (χ4n) is 3.42. The van der Waals surface area contributed by atoms with Crippen molar-refractivity contribution in [1.82, 2.24) is 10.3 Å². The number of hydrogen-bond acceptors (Lipinski definition) is 3. The first kappa shape index (κ1) is 19.9. The Hall–Kier alpha value is -3.38. The first-order valence-corrected chi connectivity index (χ1v) is 10.7. The van der Waals surface area contributed by atoms with Gasteiger partial charge in [-0.25, -0.2) is 0 Å². The van der Waals surface area contributed by atoms with E-state index in [1.54, 1.807) is 6.07 Å². The van der Waals surface area contributed by atoms with Crippen molar-refractivity contribution in [3.63, 3.8) is 0 Å². The van der Waals surface area contributed by atoms with Gasteiger partial charge in [-0.1, -0.05) is 30.3 Å². The standard InChI is InChI=1S/C24H23N3O2S/c1-15-9-10-18(12-16(15)2)26-23(28)21(27-24(29)22-8-5-11-30-22)13-17-14-25-20-7-4-3-6-19(17)20/h3-12,14,21,25H,13H2,1-2H3,(H,26,28)(H,27,29)/t21-/m0/s1. The lowest BCUT2D eigenvalue weighted by molar-refractivity contribution is -0.118. The summed E-state index contributed by atoms with van der Waals surface area (Å²) < 4.78 is 0. The maximum Gasteiger partial charge on any atom is 0.262 e. The van der Waals surface area contributed by atoms with Crippen LogP contribution in [0.3, 0.4) is 0 Å². The molecule has 2 aromatic heterocycles. The molecule has 0 aliphatic heterocycles. The first-order valence-electron chi connectivity index (χ1n) is 9.79.